The molecule has 0 spiro atoms. The predicted octanol–water partition coefficient (Wildman–Crippen LogP) is 4.34. The third kappa shape index (κ3) is 3.83. The van der Waals surface area contributed by atoms with Crippen molar-refractivity contribution in [1.82, 2.24) is 4.90 Å². The fourth-order valence-corrected chi connectivity index (χ4v) is 4.30. The van der Waals surface area contributed by atoms with Crippen molar-refractivity contribution in [3.8, 4) is 0 Å². The number of furan rings is 1. The van der Waals surface area contributed by atoms with Gasteiger partial charge in [-0.1, -0.05) is 24.3 Å². The summed E-state index contributed by atoms with van der Waals surface area (Å²) in [6.45, 7) is 5.00. The standard InChI is InChI=1S/C24H26N2O4/c1-4-29-24(28)21-14-16-13-17(9-10-20(16)30-21)25-23(27)22-19(11-12-26(22)3)18-8-6-5-7-15(18)2/h5-10,13-14,19,22H,4,11-12H2,1-3H3,(H,25,27). The van der Waals surface area contributed by atoms with Gasteiger partial charge in [-0.3, -0.25) is 9.69 Å². The fraction of sp³-hybridized carbons (Fsp3) is 0.333. The zero-order valence-corrected chi connectivity index (χ0v) is 17.5. The maximum absolute atomic E-state index is 13.2. The molecule has 6 heteroatoms. The lowest BCUT2D eigenvalue weighted by Crippen LogP contribution is -2.40. The molecule has 1 fully saturated rings. The number of anilines is 1. The van der Waals surface area contributed by atoms with Crippen molar-refractivity contribution in [3.63, 3.8) is 0 Å². The molecule has 0 radical (unpaired) electrons. The van der Waals surface area contributed by atoms with E-state index < -0.39 is 5.97 Å². The van der Waals surface area contributed by atoms with Crippen LogP contribution in [0.5, 0.6) is 0 Å². The van der Waals surface area contributed by atoms with E-state index in [0.29, 0.717) is 11.3 Å². The molecule has 30 heavy (non-hydrogen) atoms. The second-order valence-electron chi connectivity index (χ2n) is 7.75. The number of carbonyl (C=O) groups excluding carboxylic acids is 2. The summed E-state index contributed by atoms with van der Waals surface area (Å²) < 4.78 is 10.5. The largest absolute Gasteiger partial charge is 0.460 e. The van der Waals surface area contributed by atoms with Crippen LogP contribution < -0.4 is 5.32 Å². The molecule has 1 N–H and O–H groups in total. The lowest BCUT2D eigenvalue weighted by molar-refractivity contribution is -0.120. The molecule has 1 aliphatic rings. The number of fused-ring (bicyclic) bond motifs is 1. The normalized spacial score (nSPS) is 19.2. The van der Waals surface area contributed by atoms with Crippen LogP contribution in [-0.2, 0) is 9.53 Å². The van der Waals surface area contributed by atoms with Gasteiger partial charge in [0, 0.05) is 17.0 Å². The molecule has 2 aromatic carbocycles. The third-order valence-corrected chi connectivity index (χ3v) is 5.77. The van der Waals surface area contributed by atoms with Crippen LogP contribution in [0, 0.1) is 6.92 Å². The van der Waals surface area contributed by atoms with E-state index in [1.54, 1.807) is 25.1 Å². The Bertz CT molecular complexity index is 1090. The maximum Gasteiger partial charge on any atom is 0.374 e. The van der Waals surface area contributed by atoms with Gasteiger partial charge in [0.15, 0.2) is 0 Å². The van der Waals surface area contributed by atoms with Crippen molar-refractivity contribution in [1.29, 1.82) is 0 Å². The van der Waals surface area contributed by atoms with E-state index in [-0.39, 0.29) is 30.2 Å². The number of rotatable bonds is 5. The predicted molar refractivity (Wildman–Crippen MR) is 116 cm³/mol. The topological polar surface area (TPSA) is 71.8 Å². The van der Waals surface area contributed by atoms with Crippen LogP contribution in [0.25, 0.3) is 11.0 Å². The van der Waals surface area contributed by atoms with Crippen LogP contribution in [0.2, 0.25) is 0 Å². The lowest BCUT2D eigenvalue weighted by atomic mass is 9.88. The highest BCUT2D eigenvalue weighted by Crippen LogP contribution is 2.35. The smallest absolute Gasteiger partial charge is 0.374 e. The second kappa shape index (κ2) is 8.32. The van der Waals surface area contributed by atoms with Crippen molar-refractivity contribution < 1.29 is 18.7 Å². The van der Waals surface area contributed by atoms with Gasteiger partial charge in [-0.25, -0.2) is 4.79 Å². The minimum atomic E-state index is -0.493. The summed E-state index contributed by atoms with van der Waals surface area (Å²) in [5.74, 6) is -0.209. The zero-order valence-electron chi connectivity index (χ0n) is 17.5. The summed E-state index contributed by atoms with van der Waals surface area (Å²) in [7, 11) is 1.99. The molecule has 2 unspecified atom stereocenters. The number of likely N-dealkylation sites (N-methyl/N-ethyl adjacent to an activating group) is 1. The van der Waals surface area contributed by atoms with Gasteiger partial charge in [0.1, 0.15) is 5.58 Å². The number of aryl methyl sites for hydroxylation is 1. The summed E-state index contributed by atoms with van der Waals surface area (Å²) in [5.41, 5.74) is 3.69. The zero-order chi connectivity index (χ0) is 21.3. The summed E-state index contributed by atoms with van der Waals surface area (Å²) in [6.07, 6.45) is 0.948. The molecule has 1 aromatic heterocycles. The van der Waals surface area contributed by atoms with Crippen LogP contribution in [0.1, 0.15) is 40.9 Å². The number of likely N-dealkylation sites (tertiary alicyclic amines) is 1. The third-order valence-electron chi connectivity index (χ3n) is 5.77. The van der Waals surface area contributed by atoms with Crippen molar-refractivity contribution in [2.75, 3.05) is 25.5 Å². The first-order chi connectivity index (χ1) is 14.5. The summed E-state index contributed by atoms with van der Waals surface area (Å²) in [4.78, 5) is 27.2. The van der Waals surface area contributed by atoms with Gasteiger partial charge in [0.25, 0.3) is 0 Å². The van der Waals surface area contributed by atoms with Gasteiger partial charge in [0.05, 0.1) is 12.6 Å². The molecule has 4 rings (SSSR count). The van der Waals surface area contributed by atoms with Gasteiger partial charge in [0.2, 0.25) is 11.7 Å². The molecule has 0 aliphatic carbocycles. The van der Waals surface area contributed by atoms with E-state index in [9.17, 15) is 9.59 Å². The number of amides is 1. The maximum atomic E-state index is 13.2. The first kappa shape index (κ1) is 20.2. The van der Waals surface area contributed by atoms with E-state index in [1.807, 2.05) is 25.2 Å². The summed E-state index contributed by atoms with van der Waals surface area (Å²) >= 11 is 0. The van der Waals surface area contributed by atoms with Crippen LogP contribution >= 0.6 is 0 Å². The molecule has 6 nitrogen and oxygen atoms in total. The van der Waals surface area contributed by atoms with Gasteiger partial charge in [-0.2, -0.15) is 0 Å². The van der Waals surface area contributed by atoms with E-state index in [1.165, 1.54) is 11.1 Å². The Morgan fingerprint density at radius 1 is 1.20 bits per heavy atom. The van der Waals surface area contributed by atoms with Crippen LogP contribution in [0.3, 0.4) is 0 Å². The Morgan fingerprint density at radius 2 is 2.00 bits per heavy atom. The first-order valence-electron chi connectivity index (χ1n) is 10.2. The Balaban J connectivity index is 1.55. The first-order valence-corrected chi connectivity index (χ1v) is 10.2. The number of hydrogen-bond acceptors (Lipinski definition) is 5. The minimum Gasteiger partial charge on any atom is -0.460 e. The number of ether oxygens (including phenoxy) is 1. The second-order valence-corrected chi connectivity index (χ2v) is 7.75. The molecule has 0 saturated carbocycles. The van der Waals surface area contributed by atoms with Crippen LogP contribution in [-0.4, -0.2) is 43.0 Å². The van der Waals surface area contributed by atoms with Crippen molar-refractivity contribution in [2.45, 2.75) is 32.2 Å². The molecule has 2 atom stereocenters. The van der Waals surface area contributed by atoms with Crippen molar-refractivity contribution in [2.24, 2.45) is 0 Å². The SMILES string of the molecule is CCOC(=O)c1cc2cc(NC(=O)C3C(c4ccccc4C)CCN3C)ccc2o1. The summed E-state index contributed by atoms with van der Waals surface area (Å²) in [6, 6.07) is 15.0. The minimum absolute atomic E-state index is 0.0308. The molecule has 156 valence electrons. The lowest BCUT2D eigenvalue weighted by Gasteiger charge is -2.25. The Kier molecular flexibility index (Phi) is 5.59. The van der Waals surface area contributed by atoms with Gasteiger partial charge in [-0.15, -0.1) is 0 Å². The highest BCUT2D eigenvalue weighted by Gasteiger charge is 2.38. The molecule has 1 saturated heterocycles. The summed E-state index contributed by atoms with van der Waals surface area (Å²) in [5, 5.41) is 3.79. The fourth-order valence-electron chi connectivity index (χ4n) is 4.30. The average Bonchev–Trinajstić information content (AvgIpc) is 3.32. The van der Waals surface area contributed by atoms with E-state index in [4.69, 9.17) is 9.15 Å². The van der Waals surface area contributed by atoms with Crippen LogP contribution in [0.4, 0.5) is 5.69 Å². The average molecular weight is 406 g/mol. The highest BCUT2D eigenvalue weighted by atomic mass is 16.5. The van der Waals surface area contributed by atoms with Gasteiger partial charge < -0.3 is 14.5 Å². The molecule has 1 amide bonds. The van der Waals surface area contributed by atoms with Gasteiger partial charge in [-0.05, 0) is 69.3 Å². The number of hydrogen-bond donors (Lipinski definition) is 1. The molecule has 3 aromatic rings. The molecule has 1 aliphatic heterocycles. The number of esters is 1. The monoisotopic (exact) mass is 406 g/mol. The van der Waals surface area contributed by atoms with E-state index >= 15 is 0 Å². The Hall–Kier alpha value is -3.12. The number of benzene rings is 2. The molecule has 0 bridgehead atoms. The Labute approximate surface area is 175 Å². The quantitative estimate of drug-likeness (QED) is 0.638. The highest BCUT2D eigenvalue weighted by molar-refractivity contribution is 5.98. The van der Waals surface area contributed by atoms with Crippen LogP contribution in [0.15, 0.2) is 52.9 Å². The number of nitrogens with zero attached hydrogens (tertiary/aromatic N) is 1. The molecular weight excluding hydrogens is 380 g/mol. The molecular formula is C24H26N2O4. The Morgan fingerprint density at radius 3 is 2.77 bits per heavy atom. The molecule has 2 heterocycles. The van der Waals surface area contributed by atoms with Crippen molar-refractivity contribution >= 4 is 28.5 Å². The van der Waals surface area contributed by atoms with Crippen molar-refractivity contribution in [3.05, 3.63) is 65.4 Å². The number of nitrogens with one attached hydrogen (secondary N) is 1. The van der Waals surface area contributed by atoms with E-state index in [0.717, 1.165) is 18.4 Å². The number of carbonyl (C=O) groups is 2. The van der Waals surface area contributed by atoms with Gasteiger partial charge >= 0.3 is 5.97 Å². The van der Waals surface area contributed by atoms with E-state index in [2.05, 4.69) is 29.3 Å².